The minimum Gasteiger partial charge on any atom is -0.378 e. The van der Waals surface area contributed by atoms with Crippen molar-refractivity contribution >= 4 is 17.0 Å². The Bertz CT molecular complexity index is 480. The highest BCUT2D eigenvalue weighted by Crippen LogP contribution is 2.31. The first-order chi connectivity index (χ1) is 8.43. The molecule has 0 atom stereocenters. The van der Waals surface area contributed by atoms with E-state index < -0.39 is 0 Å². The molecule has 0 unspecified atom stereocenters. The van der Waals surface area contributed by atoms with Crippen LogP contribution in [0.3, 0.4) is 0 Å². The Kier molecular flexibility index (Phi) is 3.02. The van der Waals surface area contributed by atoms with E-state index in [4.69, 9.17) is 4.74 Å². The summed E-state index contributed by atoms with van der Waals surface area (Å²) in [6.45, 7) is 3.59. The Morgan fingerprint density at radius 2 is 1.94 bits per heavy atom. The van der Waals surface area contributed by atoms with Crippen LogP contribution in [0, 0.1) is 0 Å². The lowest BCUT2D eigenvalue weighted by molar-refractivity contribution is 0.123. The number of hydrogen-bond acceptors (Lipinski definition) is 5. The summed E-state index contributed by atoms with van der Waals surface area (Å²) < 4.78 is 5.35. The number of thiophene rings is 1. The van der Waals surface area contributed by atoms with Gasteiger partial charge >= 0.3 is 0 Å². The van der Waals surface area contributed by atoms with E-state index in [2.05, 4.69) is 26.3 Å². The zero-order valence-electron chi connectivity index (χ0n) is 9.37. The monoisotopic (exact) mass is 247 g/mol. The molecule has 0 aromatic carbocycles. The SMILES string of the molecule is c1ncc(-c2cc(N3CCOCC3)cs2)cn1. The van der Waals surface area contributed by atoms with Crippen LogP contribution in [0.2, 0.25) is 0 Å². The first-order valence-corrected chi connectivity index (χ1v) is 6.48. The molecule has 0 amide bonds. The van der Waals surface area contributed by atoms with Gasteiger partial charge in [0.2, 0.25) is 0 Å². The number of aromatic nitrogens is 2. The van der Waals surface area contributed by atoms with Crippen molar-refractivity contribution in [2.75, 3.05) is 31.2 Å². The van der Waals surface area contributed by atoms with Crippen molar-refractivity contribution in [1.29, 1.82) is 0 Å². The fourth-order valence-electron chi connectivity index (χ4n) is 1.89. The number of nitrogens with zero attached hydrogens (tertiary/aromatic N) is 3. The highest BCUT2D eigenvalue weighted by atomic mass is 32.1. The molecule has 5 heteroatoms. The molecule has 3 rings (SSSR count). The quantitative estimate of drug-likeness (QED) is 0.814. The van der Waals surface area contributed by atoms with Crippen LogP contribution in [0.15, 0.2) is 30.2 Å². The summed E-state index contributed by atoms with van der Waals surface area (Å²) in [5.74, 6) is 0. The lowest BCUT2D eigenvalue weighted by Crippen LogP contribution is -2.35. The van der Waals surface area contributed by atoms with Crippen molar-refractivity contribution in [2.24, 2.45) is 0 Å². The molecule has 0 N–H and O–H groups in total. The fourth-order valence-corrected chi connectivity index (χ4v) is 2.79. The molecule has 1 saturated heterocycles. The Morgan fingerprint density at radius 1 is 1.18 bits per heavy atom. The molecule has 3 heterocycles. The molecular weight excluding hydrogens is 234 g/mol. The molecule has 2 aromatic rings. The molecule has 2 aromatic heterocycles. The maximum Gasteiger partial charge on any atom is 0.115 e. The smallest absolute Gasteiger partial charge is 0.115 e. The number of hydrogen-bond donors (Lipinski definition) is 0. The van der Waals surface area contributed by atoms with Crippen molar-refractivity contribution < 1.29 is 4.74 Å². The third kappa shape index (κ3) is 2.30. The minimum absolute atomic E-state index is 0.819. The van der Waals surface area contributed by atoms with Gasteiger partial charge in [0.25, 0.3) is 0 Å². The van der Waals surface area contributed by atoms with Gasteiger partial charge in [0.05, 0.1) is 13.2 Å². The third-order valence-electron chi connectivity index (χ3n) is 2.81. The van der Waals surface area contributed by atoms with Gasteiger partial charge < -0.3 is 9.64 Å². The Morgan fingerprint density at radius 3 is 2.71 bits per heavy atom. The molecule has 0 bridgehead atoms. The molecule has 1 aliphatic heterocycles. The van der Waals surface area contributed by atoms with Gasteiger partial charge in [-0.15, -0.1) is 11.3 Å². The van der Waals surface area contributed by atoms with E-state index in [1.807, 2.05) is 12.4 Å². The molecule has 4 nitrogen and oxygen atoms in total. The van der Waals surface area contributed by atoms with Crippen LogP contribution in [-0.4, -0.2) is 36.3 Å². The fraction of sp³-hybridized carbons (Fsp3) is 0.333. The van der Waals surface area contributed by atoms with Crippen LogP contribution in [0.1, 0.15) is 0 Å². The van der Waals surface area contributed by atoms with Gasteiger partial charge in [0.1, 0.15) is 6.33 Å². The number of rotatable bonds is 2. The predicted molar refractivity (Wildman–Crippen MR) is 68.4 cm³/mol. The van der Waals surface area contributed by atoms with Crippen LogP contribution in [-0.2, 0) is 4.74 Å². The number of morpholine rings is 1. The van der Waals surface area contributed by atoms with Crippen molar-refractivity contribution in [3.05, 3.63) is 30.2 Å². The lowest BCUT2D eigenvalue weighted by atomic mass is 10.2. The summed E-state index contributed by atoms with van der Waals surface area (Å²) in [5.41, 5.74) is 2.36. The molecule has 0 spiro atoms. The summed E-state index contributed by atoms with van der Waals surface area (Å²) in [6.07, 6.45) is 5.25. The van der Waals surface area contributed by atoms with E-state index in [0.29, 0.717) is 0 Å². The van der Waals surface area contributed by atoms with Gasteiger partial charge in [-0.25, -0.2) is 9.97 Å². The van der Waals surface area contributed by atoms with Gasteiger partial charge in [-0.1, -0.05) is 0 Å². The van der Waals surface area contributed by atoms with Crippen molar-refractivity contribution in [3.63, 3.8) is 0 Å². The maximum atomic E-state index is 5.35. The summed E-state index contributed by atoms with van der Waals surface area (Å²) in [5, 5.41) is 2.19. The van der Waals surface area contributed by atoms with Crippen LogP contribution in [0.4, 0.5) is 5.69 Å². The largest absolute Gasteiger partial charge is 0.378 e. The standard InChI is InChI=1S/C12H13N3OS/c1-3-16-4-2-15(1)11-5-12(17-8-11)10-6-13-9-14-7-10/h5-9H,1-4H2. The maximum absolute atomic E-state index is 5.35. The van der Waals surface area contributed by atoms with Gasteiger partial charge in [-0.05, 0) is 6.07 Å². The zero-order valence-corrected chi connectivity index (χ0v) is 10.2. The van der Waals surface area contributed by atoms with E-state index in [9.17, 15) is 0 Å². The Labute approximate surface area is 104 Å². The minimum atomic E-state index is 0.819. The molecular formula is C12H13N3OS. The molecule has 0 radical (unpaired) electrons. The molecule has 88 valence electrons. The molecule has 1 aliphatic rings. The second kappa shape index (κ2) is 4.81. The topological polar surface area (TPSA) is 38.2 Å². The lowest BCUT2D eigenvalue weighted by Gasteiger charge is -2.27. The van der Waals surface area contributed by atoms with Crippen LogP contribution < -0.4 is 4.90 Å². The first kappa shape index (κ1) is 10.7. The van der Waals surface area contributed by atoms with E-state index in [0.717, 1.165) is 31.9 Å². The van der Waals surface area contributed by atoms with E-state index in [-0.39, 0.29) is 0 Å². The Balaban J connectivity index is 1.83. The zero-order chi connectivity index (χ0) is 11.5. The molecule has 0 saturated carbocycles. The van der Waals surface area contributed by atoms with Gasteiger partial charge in [-0.3, -0.25) is 0 Å². The van der Waals surface area contributed by atoms with Crippen LogP contribution in [0.25, 0.3) is 10.4 Å². The molecule has 0 aliphatic carbocycles. The average molecular weight is 247 g/mol. The second-order valence-electron chi connectivity index (χ2n) is 3.90. The van der Waals surface area contributed by atoms with Crippen molar-refractivity contribution in [3.8, 4) is 10.4 Å². The Hall–Kier alpha value is -1.46. The third-order valence-corrected chi connectivity index (χ3v) is 3.77. The van der Waals surface area contributed by atoms with Gasteiger partial charge in [-0.2, -0.15) is 0 Å². The van der Waals surface area contributed by atoms with Crippen LogP contribution in [0.5, 0.6) is 0 Å². The number of ether oxygens (including phenoxy) is 1. The van der Waals surface area contributed by atoms with Crippen molar-refractivity contribution in [2.45, 2.75) is 0 Å². The van der Waals surface area contributed by atoms with E-state index in [1.54, 1.807) is 17.7 Å². The summed E-state index contributed by atoms with van der Waals surface area (Å²) in [6, 6.07) is 2.20. The van der Waals surface area contributed by atoms with Gasteiger partial charge in [0, 0.05) is 47.0 Å². The first-order valence-electron chi connectivity index (χ1n) is 5.60. The molecule has 17 heavy (non-hydrogen) atoms. The predicted octanol–water partition coefficient (Wildman–Crippen LogP) is 2.04. The highest BCUT2D eigenvalue weighted by molar-refractivity contribution is 7.14. The second-order valence-corrected chi connectivity index (χ2v) is 4.81. The summed E-state index contributed by atoms with van der Waals surface area (Å²) in [7, 11) is 0. The van der Waals surface area contributed by atoms with Gasteiger partial charge in [0.15, 0.2) is 0 Å². The summed E-state index contributed by atoms with van der Waals surface area (Å²) in [4.78, 5) is 11.7. The van der Waals surface area contributed by atoms with E-state index >= 15 is 0 Å². The highest BCUT2D eigenvalue weighted by Gasteiger charge is 2.13. The number of anilines is 1. The van der Waals surface area contributed by atoms with Crippen molar-refractivity contribution in [1.82, 2.24) is 9.97 Å². The normalized spacial score (nSPS) is 16.1. The average Bonchev–Trinajstić information content (AvgIpc) is 2.90. The summed E-state index contributed by atoms with van der Waals surface area (Å²) >= 11 is 1.73. The molecule has 1 fully saturated rings. The van der Waals surface area contributed by atoms with Crippen LogP contribution >= 0.6 is 11.3 Å². The van der Waals surface area contributed by atoms with E-state index in [1.165, 1.54) is 10.6 Å².